The summed E-state index contributed by atoms with van der Waals surface area (Å²) in [6.45, 7) is 11.7. The van der Waals surface area contributed by atoms with Crippen LogP contribution in [0.3, 0.4) is 0 Å². The van der Waals surface area contributed by atoms with E-state index in [2.05, 4.69) is 93.8 Å². The van der Waals surface area contributed by atoms with Gasteiger partial charge in [-0.05, 0) is 77.6 Å². The number of benzene rings is 3. The Morgan fingerprint density at radius 1 is 0.755 bits per heavy atom. The van der Waals surface area contributed by atoms with Crippen molar-refractivity contribution in [2.24, 2.45) is 7.05 Å². The molecular weight excluding hydrogens is 618 g/mol. The first-order chi connectivity index (χ1) is 23.2. The van der Waals surface area contributed by atoms with E-state index in [0.29, 0.717) is 31.0 Å². The van der Waals surface area contributed by atoms with Crippen LogP contribution >= 0.6 is 0 Å². The van der Waals surface area contributed by atoms with Crippen LogP contribution in [0.25, 0.3) is 0 Å². The van der Waals surface area contributed by atoms with E-state index < -0.39 is 35.2 Å². The maximum absolute atomic E-state index is 13.0. The van der Waals surface area contributed by atoms with Gasteiger partial charge in [-0.3, -0.25) is 20.6 Å². The quantitative estimate of drug-likeness (QED) is 0.0720. The van der Waals surface area contributed by atoms with Crippen LogP contribution in [-0.2, 0) is 22.1 Å². The number of aryl methyl sites for hydroxylation is 1. The van der Waals surface area contributed by atoms with E-state index in [1.54, 1.807) is 59.7 Å². The molecule has 0 unspecified atom stereocenters. The van der Waals surface area contributed by atoms with E-state index in [1.807, 2.05) is 18.2 Å². The second kappa shape index (κ2) is 15.9. The predicted molar refractivity (Wildman–Crippen MR) is 194 cm³/mol. The number of nitrogen functional groups attached to an aromatic ring is 1. The van der Waals surface area contributed by atoms with Crippen molar-refractivity contribution < 1.29 is 19.1 Å². The predicted octanol–water partition coefficient (Wildman–Crippen LogP) is 6.50. The van der Waals surface area contributed by atoms with Crippen LogP contribution in [0.5, 0.6) is 0 Å². The average Bonchev–Trinajstić information content (AvgIpc) is 3.37. The minimum atomic E-state index is -1.05. The molecule has 262 valence electrons. The van der Waals surface area contributed by atoms with E-state index in [4.69, 9.17) is 15.2 Å². The fourth-order valence-corrected chi connectivity index (χ4v) is 5.63. The minimum Gasteiger partial charge on any atom is -0.444 e. The molecule has 4 rings (SSSR count). The molecule has 1 aromatic heterocycles. The van der Waals surface area contributed by atoms with E-state index in [-0.39, 0.29) is 0 Å². The Hall–Kier alpha value is -5.03. The first-order valence-electron chi connectivity index (χ1n) is 16.6. The number of ether oxygens (including phenoxy) is 2. The molecule has 0 aliphatic heterocycles. The Morgan fingerprint density at radius 2 is 1.18 bits per heavy atom. The van der Waals surface area contributed by atoms with E-state index >= 15 is 0 Å². The van der Waals surface area contributed by atoms with Gasteiger partial charge in [-0.15, -0.1) is 0 Å². The highest BCUT2D eigenvalue weighted by atomic mass is 16.6. The molecule has 3 aromatic carbocycles. The number of hydrogen-bond acceptors (Lipinski definition) is 8. The highest BCUT2D eigenvalue weighted by Crippen LogP contribution is 2.36. The summed E-state index contributed by atoms with van der Waals surface area (Å²) >= 11 is 0. The molecule has 1 heterocycles. The third-order valence-corrected chi connectivity index (χ3v) is 7.73. The molecule has 11 heteroatoms. The van der Waals surface area contributed by atoms with Crippen molar-refractivity contribution in [2.75, 3.05) is 23.7 Å². The first kappa shape index (κ1) is 36.8. The Kier molecular flexibility index (Phi) is 12.0. The smallest absolute Gasteiger partial charge is 0.410 e. The highest BCUT2D eigenvalue weighted by Gasteiger charge is 2.36. The van der Waals surface area contributed by atoms with Crippen molar-refractivity contribution in [1.82, 2.24) is 25.7 Å². The maximum atomic E-state index is 13.0. The topological polar surface area (TPSA) is 136 Å². The van der Waals surface area contributed by atoms with Crippen LogP contribution in [0.15, 0.2) is 97.2 Å². The summed E-state index contributed by atoms with van der Waals surface area (Å²) in [7, 11) is 1.73. The molecule has 0 atom stereocenters. The van der Waals surface area contributed by atoms with Crippen molar-refractivity contribution in [3.8, 4) is 0 Å². The van der Waals surface area contributed by atoms with Gasteiger partial charge in [-0.25, -0.2) is 9.59 Å². The van der Waals surface area contributed by atoms with Gasteiger partial charge in [-0.2, -0.15) is 5.10 Å². The van der Waals surface area contributed by atoms with Crippen LogP contribution in [-0.4, -0.2) is 52.5 Å². The van der Waals surface area contributed by atoms with Crippen LogP contribution in [0.4, 0.5) is 21.1 Å². The molecule has 5 N–H and O–H groups in total. The lowest BCUT2D eigenvalue weighted by Crippen LogP contribution is -2.60. The molecule has 0 aliphatic rings. The Bertz CT molecular complexity index is 1500. The van der Waals surface area contributed by atoms with Crippen molar-refractivity contribution in [2.45, 2.75) is 77.4 Å². The number of aromatic nitrogens is 2. The van der Waals surface area contributed by atoms with E-state index in [1.165, 1.54) is 4.68 Å². The Labute approximate surface area is 290 Å². The van der Waals surface area contributed by atoms with Crippen LogP contribution in [0.2, 0.25) is 0 Å². The van der Waals surface area contributed by atoms with Gasteiger partial charge in [0.15, 0.2) is 6.29 Å². The zero-order chi connectivity index (χ0) is 35.7. The lowest BCUT2D eigenvalue weighted by molar-refractivity contribution is 0.0423. The van der Waals surface area contributed by atoms with Crippen LogP contribution in [0.1, 0.15) is 71.1 Å². The van der Waals surface area contributed by atoms with Gasteiger partial charge in [0, 0.05) is 13.6 Å². The minimum absolute atomic E-state index is 0.372. The molecule has 0 bridgehead atoms. The zero-order valence-corrected chi connectivity index (χ0v) is 29.7. The normalized spacial score (nSPS) is 12.0. The Balaban J connectivity index is 1.60. The fraction of sp³-hybridized carbons (Fsp3) is 0.395. The number of nitrogens with two attached hydrogens (primary N) is 1. The van der Waals surface area contributed by atoms with Crippen molar-refractivity contribution in [3.05, 3.63) is 114 Å². The lowest BCUT2D eigenvalue weighted by Gasteiger charge is -2.37. The van der Waals surface area contributed by atoms with E-state index in [0.717, 1.165) is 23.1 Å². The van der Waals surface area contributed by atoms with E-state index in [9.17, 15) is 9.59 Å². The number of nitrogens with one attached hydrogen (secondary N) is 3. The van der Waals surface area contributed by atoms with Crippen LogP contribution in [0, 0.1) is 0 Å². The van der Waals surface area contributed by atoms with Gasteiger partial charge in [-0.1, -0.05) is 91.0 Å². The summed E-state index contributed by atoms with van der Waals surface area (Å²) in [4.78, 5) is 27.9. The number of amides is 2. The van der Waals surface area contributed by atoms with Crippen LogP contribution < -0.4 is 26.6 Å². The molecule has 11 nitrogen and oxygen atoms in total. The SMILES string of the molecule is Cn1ncc(N(CCCCNC(c2ccccc2)(c2ccccc2)c2ccccc2)C(NC(=O)OC(C)(C)C)NC(=O)OC(C)(C)C)c1N. The van der Waals surface area contributed by atoms with Gasteiger partial charge < -0.3 is 20.1 Å². The summed E-state index contributed by atoms with van der Waals surface area (Å²) in [5.41, 5.74) is 8.25. The molecule has 4 aromatic rings. The van der Waals surface area contributed by atoms with Gasteiger partial charge in [0.1, 0.15) is 22.7 Å². The summed E-state index contributed by atoms with van der Waals surface area (Å²) in [5.74, 6) is 0.372. The number of nitrogens with zero attached hydrogens (tertiary/aromatic N) is 3. The number of hydrogen-bond donors (Lipinski definition) is 4. The molecule has 0 fully saturated rings. The standard InChI is InChI=1S/C38H51N7O4/c1-36(2,3)48-34(46)42-33(43-35(47)49-37(4,5)6)45(31-27-41-44(7)32(31)39)26-18-17-25-40-38(28-19-11-8-12-20-28,29-21-13-9-14-22-29)30-23-15-10-16-24-30/h8-16,19-24,27,33,40H,17-18,25-26,39H2,1-7H3,(H,42,46)(H,43,47). The van der Waals surface area contributed by atoms with Gasteiger partial charge in [0.25, 0.3) is 0 Å². The summed E-state index contributed by atoms with van der Waals surface area (Å²) in [6.07, 6.45) is 0.553. The summed E-state index contributed by atoms with van der Waals surface area (Å²) < 4.78 is 12.6. The lowest BCUT2D eigenvalue weighted by atomic mass is 9.77. The monoisotopic (exact) mass is 669 g/mol. The average molecular weight is 670 g/mol. The third-order valence-electron chi connectivity index (χ3n) is 7.73. The largest absolute Gasteiger partial charge is 0.444 e. The number of unbranched alkanes of at least 4 members (excludes halogenated alkanes) is 1. The number of carbonyl (C=O) groups excluding carboxylic acids is 2. The van der Waals surface area contributed by atoms with Gasteiger partial charge >= 0.3 is 12.2 Å². The second-order valence-electron chi connectivity index (χ2n) is 13.9. The van der Waals surface area contributed by atoms with Crippen molar-refractivity contribution >= 4 is 23.7 Å². The third kappa shape index (κ3) is 9.99. The van der Waals surface area contributed by atoms with Gasteiger partial charge in [0.2, 0.25) is 0 Å². The highest BCUT2D eigenvalue weighted by molar-refractivity contribution is 5.74. The number of alkyl carbamates (subject to hydrolysis) is 2. The number of anilines is 2. The molecule has 0 saturated heterocycles. The summed E-state index contributed by atoms with van der Waals surface area (Å²) in [5, 5.41) is 13.8. The molecule has 0 spiro atoms. The molecule has 49 heavy (non-hydrogen) atoms. The first-order valence-corrected chi connectivity index (χ1v) is 16.6. The number of rotatable bonds is 13. The molecule has 2 amide bonds. The zero-order valence-electron chi connectivity index (χ0n) is 29.7. The molecular formula is C38H51N7O4. The molecule has 0 saturated carbocycles. The molecule has 0 radical (unpaired) electrons. The maximum Gasteiger partial charge on any atom is 0.410 e. The Morgan fingerprint density at radius 3 is 1.55 bits per heavy atom. The fourth-order valence-electron chi connectivity index (χ4n) is 5.63. The van der Waals surface area contributed by atoms with Crippen molar-refractivity contribution in [1.29, 1.82) is 0 Å². The number of carbonyl (C=O) groups is 2. The van der Waals surface area contributed by atoms with Crippen molar-refractivity contribution in [3.63, 3.8) is 0 Å². The molecule has 0 aliphatic carbocycles. The second-order valence-corrected chi connectivity index (χ2v) is 13.9. The van der Waals surface area contributed by atoms with Gasteiger partial charge in [0.05, 0.1) is 11.7 Å². The summed E-state index contributed by atoms with van der Waals surface area (Å²) in [6, 6.07) is 31.3.